The van der Waals surface area contributed by atoms with E-state index >= 15 is 0 Å². The zero-order chi connectivity index (χ0) is 12.3. The third kappa shape index (κ3) is 2.72. The van der Waals surface area contributed by atoms with Gasteiger partial charge < -0.3 is 9.67 Å². The van der Waals surface area contributed by atoms with Gasteiger partial charge in [0.05, 0.1) is 12.0 Å². The van der Waals surface area contributed by atoms with Crippen molar-refractivity contribution < 1.29 is 9.90 Å². The maximum Gasteiger partial charge on any atom is 0.339 e. The van der Waals surface area contributed by atoms with E-state index in [1.807, 2.05) is 10.8 Å². The lowest BCUT2D eigenvalue weighted by Gasteiger charge is -2.02. The first-order chi connectivity index (χ1) is 8.16. The minimum absolute atomic E-state index is 0.271. The van der Waals surface area contributed by atoms with Gasteiger partial charge in [-0.3, -0.25) is 4.68 Å². The van der Waals surface area contributed by atoms with E-state index in [-0.39, 0.29) is 5.56 Å². The molecule has 1 N–H and O–H groups in total. The van der Waals surface area contributed by atoms with Gasteiger partial charge in [-0.15, -0.1) is 0 Å². The van der Waals surface area contributed by atoms with Crippen molar-refractivity contribution in [2.45, 2.75) is 26.4 Å². The number of carboxylic acids is 1. The van der Waals surface area contributed by atoms with Gasteiger partial charge in [-0.25, -0.2) is 9.78 Å². The van der Waals surface area contributed by atoms with Crippen molar-refractivity contribution in [1.29, 1.82) is 0 Å². The number of carboxylic acid groups (broad SMARTS) is 1. The molecule has 0 spiro atoms. The van der Waals surface area contributed by atoms with Gasteiger partial charge in [0.25, 0.3) is 0 Å². The van der Waals surface area contributed by atoms with E-state index in [1.54, 1.807) is 30.3 Å². The Morgan fingerprint density at radius 1 is 1.47 bits per heavy atom. The first-order valence-electron chi connectivity index (χ1n) is 5.40. The molecular formula is C11H14N4O2. The number of hydrogen-bond acceptors (Lipinski definition) is 3. The Labute approximate surface area is 98.5 Å². The highest BCUT2D eigenvalue weighted by Gasteiger charge is 2.11. The summed E-state index contributed by atoms with van der Waals surface area (Å²) in [5.74, 6) is -0.927. The first-order valence-corrected chi connectivity index (χ1v) is 5.40. The van der Waals surface area contributed by atoms with E-state index in [2.05, 4.69) is 10.1 Å². The first kappa shape index (κ1) is 11.4. The molecule has 2 heterocycles. The molecule has 0 aliphatic rings. The topological polar surface area (TPSA) is 72.9 Å². The molecule has 0 aliphatic heterocycles. The molecule has 2 rings (SSSR count). The predicted octanol–water partition coefficient (Wildman–Crippen LogP) is 1.18. The molecule has 6 heteroatoms. The second kappa shape index (κ2) is 4.82. The van der Waals surface area contributed by atoms with Crippen molar-refractivity contribution in [2.24, 2.45) is 0 Å². The lowest BCUT2D eigenvalue weighted by Crippen LogP contribution is -2.03. The maximum atomic E-state index is 10.8. The summed E-state index contributed by atoms with van der Waals surface area (Å²) in [6.07, 6.45) is 7.86. The standard InChI is InChI=1S/C11H14N4O2/c1-9-10(11(16)17)7-15(13-9)5-2-4-14-6-3-12-8-14/h3,6-8H,2,4-5H2,1H3,(H,16,17). The lowest BCUT2D eigenvalue weighted by atomic mass is 10.3. The van der Waals surface area contributed by atoms with Crippen molar-refractivity contribution in [2.75, 3.05) is 0 Å². The van der Waals surface area contributed by atoms with Gasteiger partial charge in [-0.1, -0.05) is 0 Å². The Hall–Kier alpha value is -2.11. The third-order valence-corrected chi connectivity index (χ3v) is 2.54. The van der Waals surface area contributed by atoms with Gasteiger partial charge in [0.2, 0.25) is 0 Å². The Morgan fingerprint density at radius 2 is 2.29 bits per heavy atom. The van der Waals surface area contributed by atoms with Crippen LogP contribution in [-0.4, -0.2) is 30.4 Å². The predicted molar refractivity (Wildman–Crippen MR) is 60.8 cm³/mol. The Morgan fingerprint density at radius 3 is 2.88 bits per heavy atom. The van der Waals surface area contributed by atoms with E-state index in [0.717, 1.165) is 13.0 Å². The molecule has 0 fully saturated rings. The van der Waals surface area contributed by atoms with Crippen LogP contribution < -0.4 is 0 Å². The number of aryl methyl sites for hydroxylation is 3. The molecule has 0 atom stereocenters. The quantitative estimate of drug-likeness (QED) is 0.843. The van der Waals surface area contributed by atoms with E-state index in [0.29, 0.717) is 12.2 Å². The molecule has 2 aromatic rings. The Kier molecular flexibility index (Phi) is 3.22. The molecule has 90 valence electrons. The van der Waals surface area contributed by atoms with Crippen molar-refractivity contribution in [1.82, 2.24) is 19.3 Å². The highest BCUT2D eigenvalue weighted by atomic mass is 16.4. The van der Waals surface area contributed by atoms with E-state index in [4.69, 9.17) is 5.11 Å². The molecule has 0 unspecified atom stereocenters. The molecule has 2 aromatic heterocycles. The van der Waals surface area contributed by atoms with E-state index < -0.39 is 5.97 Å². The molecule has 0 aliphatic carbocycles. The molecule has 0 radical (unpaired) electrons. The fraction of sp³-hybridized carbons (Fsp3) is 0.364. The van der Waals surface area contributed by atoms with Crippen molar-refractivity contribution >= 4 is 5.97 Å². The van der Waals surface area contributed by atoms with E-state index in [9.17, 15) is 4.79 Å². The van der Waals surface area contributed by atoms with Crippen molar-refractivity contribution in [3.8, 4) is 0 Å². The molecule has 0 amide bonds. The average Bonchev–Trinajstić information content (AvgIpc) is 2.88. The number of aromatic carboxylic acids is 1. The molecule has 0 bridgehead atoms. The SMILES string of the molecule is Cc1nn(CCCn2ccnc2)cc1C(=O)O. The summed E-state index contributed by atoms with van der Waals surface area (Å²) >= 11 is 0. The maximum absolute atomic E-state index is 10.8. The normalized spacial score (nSPS) is 10.6. The minimum atomic E-state index is -0.927. The van der Waals surface area contributed by atoms with Gasteiger partial charge in [0, 0.05) is 31.7 Å². The molecular weight excluding hydrogens is 220 g/mol. The number of carbonyl (C=O) groups is 1. The fourth-order valence-corrected chi connectivity index (χ4v) is 1.68. The van der Waals surface area contributed by atoms with Gasteiger partial charge in [0.1, 0.15) is 5.56 Å². The van der Waals surface area contributed by atoms with Crippen LogP contribution in [0.3, 0.4) is 0 Å². The number of rotatable bonds is 5. The zero-order valence-electron chi connectivity index (χ0n) is 9.58. The molecule has 6 nitrogen and oxygen atoms in total. The smallest absolute Gasteiger partial charge is 0.339 e. The molecule has 0 saturated carbocycles. The average molecular weight is 234 g/mol. The van der Waals surface area contributed by atoms with E-state index in [1.165, 1.54) is 0 Å². The van der Waals surface area contributed by atoms with Crippen LogP contribution >= 0.6 is 0 Å². The van der Waals surface area contributed by atoms with Crippen LogP contribution in [0.1, 0.15) is 22.5 Å². The second-order valence-electron chi connectivity index (χ2n) is 3.85. The number of nitrogens with zero attached hydrogens (tertiary/aromatic N) is 4. The van der Waals surface area contributed by atoms with Crippen molar-refractivity contribution in [3.63, 3.8) is 0 Å². The highest BCUT2D eigenvalue weighted by molar-refractivity contribution is 5.88. The zero-order valence-corrected chi connectivity index (χ0v) is 9.58. The summed E-state index contributed by atoms with van der Waals surface area (Å²) in [4.78, 5) is 14.8. The van der Waals surface area contributed by atoms with Crippen LogP contribution in [-0.2, 0) is 13.1 Å². The number of hydrogen-bond donors (Lipinski definition) is 1. The molecule has 17 heavy (non-hydrogen) atoms. The fourth-order valence-electron chi connectivity index (χ4n) is 1.68. The van der Waals surface area contributed by atoms with Crippen molar-refractivity contribution in [3.05, 3.63) is 36.2 Å². The molecule has 0 aromatic carbocycles. The van der Waals surface area contributed by atoms with Gasteiger partial charge in [0.15, 0.2) is 0 Å². The molecule has 0 saturated heterocycles. The Balaban J connectivity index is 1.91. The van der Waals surface area contributed by atoms with Crippen LogP contribution in [0.5, 0.6) is 0 Å². The summed E-state index contributed by atoms with van der Waals surface area (Å²) in [6, 6.07) is 0. The summed E-state index contributed by atoms with van der Waals surface area (Å²) in [7, 11) is 0. The van der Waals surface area contributed by atoms with Gasteiger partial charge in [-0.2, -0.15) is 5.10 Å². The largest absolute Gasteiger partial charge is 0.478 e. The Bertz CT molecular complexity index is 502. The minimum Gasteiger partial charge on any atom is -0.478 e. The number of aromatic nitrogens is 4. The summed E-state index contributed by atoms with van der Waals surface area (Å²) in [6.45, 7) is 3.25. The lowest BCUT2D eigenvalue weighted by molar-refractivity contribution is 0.0696. The third-order valence-electron chi connectivity index (χ3n) is 2.54. The summed E-state index contributed by atoms with van der Waals surface area (Å²) < 4.78 is 3.66. The van der Waals surface area contributed by atoms with Crippen LogP contribution in [0.25, 0.3) is 0 Å². The van der Waals surface area contributed by atoms with Crippen LogP contribution in [0.15, 0.2) is 24.9 Å². The van der Waals surface area contributed by atoms with Gasteiger partial charge >= 0.3 is 5.97 Å². The second-order valence-corrected chi connectivity index (χ2v) is 3.85. The van der Waals surface area contributed by atoms with Crippen LogP contribution in [0, 0.1) is 6.92 Å². The monoisotopic (exact) mass is 234 g/mol. The van der Waals surface area contributed by atoms with Crippen LogP contribution in [0.2, 0.25) is 0 Å². The number of imidazole rings is 1. The van der Waals surface area contributed by atoms with Gasteiger partial charge in [-0.05, 0) is 13.3 Å². The highest BCUT2D eigenvalue weighted by Crippen LogP contribution is 2.06. The summed E-state index contributed by atoms with van der Waals surface area (Å²) in [5, 5.41) is 13.1. The summed E-state index contributed by atoms with van der Waals surface area (Å²) in [5.41, 5.74) is 0.827. The van der Waals surface area contributed by atoms with Crippen LogP contribution in [0.4, 0.5) is 0 Å².